The maximum absolute atomic E-state index is 10.4. The maximum Gasteiger partial charge on any atom is 0.335 e. The highest BCUT2D eigenvalue weighted by molar-refractivity contribution is 5.88. The Balaban J connectivity index is 0. The fourth-order valence-corrected chi connectivity index (χ4v) is 0.753. The minimum absolute atomic E-state index is 0. The lowest BCUT2D eigenvalue weighted by Crippen LogP contribution is -1.97. The summed E-state index contributed by atoms with van der Waals surface area (Å²) < 4.78 is 0. The summed E-state index contributed by atoms with van der Waals surface area (Å²) in [5.74, 6) is -1.17. The number of benzene rings is 1. The monoisotopic (exact) mass is 239 g/mol. The van der Waals surface area contributed by atoms with Gasteiger partial charge in [0.05, 0.1) is 10.5 Å². The summed E-state index contributed by atoms with van der Waals surface area (Å²) in [6, 6.07) is 4.89. The van der Waals surface area contributed by atoms with Crippen LogP contribution in [0.5, 0.6) is 0 Å². The Bertz CT molecular complexity index is 313. The summed E-state index contributed by atoms with van der Waals surface area (Å²) in [4.78, 5) is 19.9. The van der Waals surface area contributed by atoms with Crippen LogP contribution in [-0.4, -0.2) is 16.0 Å². The van der Waals surface area contributed by atoms with Crippen molar-refractivity contribution < 1.29 is 14.8 Å². The van der Waals surface area contributed by atoms with Gasteiger partial charge >= 0.3 is 5.97 Å². The number of hydrogen-bond donors (Lipinski definition) is 1. The molecule has 5 nitrogen and oxygen atoms in total. The van der Waals surface area contributed by atoms with Crippen molar-refractivity contribution in [2.45, 2.75) is 0 Å². The molecule has 1 N–H and O–H groups in total. The summed E-state index contributed by atoms with van der Waals surface area (Å²) in [5, 5.41) is 18.7. The normalized spacial score (nSPS) is 8.00. The molecule has 7 heteroatoms. The van der Waals surface area contributed by atoms with Crippen molar-refractivity contribution >= 4 is 36.5 Å². The van der Waals surface area contributed by atoms with E-state index in [-0.39, 0.29) is 36.1 Å². The van der Waals surface area contributed by atoms with Crippen molar-refractivity contribution in [2.75, 3.05) is 0 Å². The highest BCUT2D eigenvalue weighted by Crippen LogP contribution is 2.12. The van der Waals surface area contributed by atoms with E-state index in [1.807, 2.05) is 0 Å². The van der Waals surface area contributed by atoms with Crippen LogP contribution in [0, 0.1) is 10.1 Å². The van der Waals surface area contributed by atoms with Gasteiger partial charge in [0.25, 0.3) is 5.69 Å². The number of non-ortho nitro benzene ring substituents is 1. The van der Waals surface area contributed by atoms with E-state index in [0.717, 1.165) is 6.07 Å². The fourth-order valence-electron chi connectivity index (χ4n) is 0.753. The molecule has 0 radical (unpaired) electrons. The molecule has 1 aromatic rings. The molecule has 0 saturated heterocycles. The Morgan fingerprint density at radius 3 is 2.36 bits per heavy atom. The molecule has 0 bridgehead atoms. The Labute approximate surface area is 91.7 Å². The van der Waals surface area contributed by atoms with Gasteiger partial charge in [-0.25, -0.2) is 4.79 Å². The van der Waals surface area contributed by atoms with Gasteiger partial charge in [-0.2, -0.15) is 0 Å². The predicted molar refractivity (Wildman–Crippen MR) is 54.6 cm³/mol. The van der Waals surface area contributed by atoms with Crippen molar-refractivity contribution in [1.29, 1.82) is 0 Å². The van der Waals surface area contributed by atoms with Crippen molar-refractivity contribution in [3.8, 4) is 0 Å². The number of hydrogen-bond acceptors (Lipinski definition) is 3. The van der Waals surface area contributed by atoms with Gasteiger partial charge < -0.3 is 5.11 Å². The molecule has 0 amide bonds. The largest absolute Gasteiger partial charge is 0.478 e. The van der Waals surface area contributed by atoms with Gasteiger partial charge in [-0.3, -0.25) is 10.1 Å². The minimum Gasteiger partial charge on any atom is -0.478 e. The van der Waals surface area contributed by atoms with Crippen LogP contribution in [0.1, 0.15) is 10.4 Å². The van der Waals surface area contributed by atoms with Gasteiger partial charge in [0.2, 0.25) is 0 Å². The van der Waals surface area contributed by atoms with E-state index in [1.54, 1.807) is 0 Å². The first kappa shape index (κ1) is 15.2. The standard InChI is InChI=1S/C7H5NO4.2ClH/c9-7(10)5-2-1-3-6(4-5)8(11)12;;/h1-4H,(H,9,10);2*1H. The molecule has 0 aliphatic rings. The zero-order valence-corrected chi connectivity index (χ0v) is 8.38. The quantitative estimate of drug-likeness (QED) is 0.634. The number of nitro groups is 1. The molecule has 14 heavy (non-hydrogen) atoms. The molecule has 0 aliphatic heterocycles. The second-order valence-corrected chi connectivity index (χ2v) is 2.11. The van der Waals surface area contributed by atoms with Crippen LogP contribution in [0.25, 0.3) is 0 Å². The zero-order valence-electron chi connectivity index (χ0n) is 6.75. The third-order valence-electron chi connectivity index (χ3n) is 1.30. The van der Waals surface area contributed by atoms with Crippen LogP contribution >= 0.6 is 24.8 Å². The molecule has 0 fully saturated rings. The third kappa shape index (κ3) is 3.59. The van der Waals surface area contributed by atoms with Crippen molar-refractivity contribution in [3.05, 3.63) is 39.9 Å². The summed E-state index contributed by atoms with van der Waals surface area (Å²) in [6.07, 6.45) is 0. The van der Waals surface area contributed by atoms with E-state index in [1.165, 1.54) is 18.2 Å². The lowest BCUT2D eigenvalue weighted by molar-refractivity contribution is -0.384. The van der Waals surface area contributed by atoms with Crippen LogP contribution in [0.4, 0.5) is 5.69 Å². The summed E-state index contributed by atoms with van der Waals surface area (Å²) >= 11 is 0. The van der Waals surface area contributed by atoms with E-state index < -0.39 is 10.9 Å². The Morgan fingerprint density at radius 2 is 1.93 bits per heavy atom. The molecule has 1 aromatic carbocycles. The fraction of sp³-hybridized carbons (Fsp3) is 0. The van der Waals surface area contributed by atoms with E-state index in [4.69, 9.17) is 5.11 Å². The van der Waals surface area contributed by atoms with E-state index in [9.17, 15) is 14.9 Å². The first-order valence-corrected chi connectivity index (χ1v) is 3.09. The molecule has 0 saturated carbocycles. The molecule has 1 rings (SSSR count). The topological polar surface area (TPSA) is 80.4 Å². The zero-order chi connectivity index (χ0) is 9.14. The highest BCUT2D eigenvalue weighted by atomic mass is 35.5. The highest BCUT2D eigenvalue weighted by Gasteiger charge is 2.08. The van der Waals surface area contributed by atoms with Gasteiger partial charge in [0.1, 0.15) is 0 Å². The second kappa shape index (κ2) is 6.17. The Morgan fingerprint density at radius 1 is 1.36 bits per heavy atom. The summed E-state index contributed by atoms with van der Waals surface area (Å²) in [6.45, 7) is 0. The number of carboxylic acids is 1. The lowest BCUT2D eigenvalue weighted by atomic mass is 10.2. The smallest absolute Gasteiger partial charge is 0.335 e. The first-order chi connectivity index (χ1) is 5.61. The molecule has 0 aliphatic carbocycles. The molecule has 78 valence electrons. The number of nitro benzene ring substituents is 1. The van der Waals surface area contributed by atoms with Crippen LogP contribution in [-0.2, 0) is 0 Å². The number of carbonyl (C=O) groups is 1. The number of rotatable bonds is 2. The molecule has 0 atom stereocenters. The van der Waals surface area contributed by atoms with Crippen molar-refractivity contribution in [2.24, 2.45) is 0 Å². The summed E-state index contributed by atoms with van der Waals surface area (Å²) in [7, 11) is 0. The van der Waals surface area contributed by atoms with Gasteiger partial charge in [-0.05, 0) is 6.07 Å². The Hall–Kier alpha value is -1.33. The van der Waals surface area contributed by atoms with Crippen LogP contribution < -0.4 is 0 Å². The average Bonchev–Trinajstić information content (AvgIpc) is 2.04. The van der Waals surface area contributed by atoms with E-state index in [0.29, 0.717) is 0 Å². The average molecular weight is 240 g/mol. The SMILES string of the molecule is Cl.Cl.O=C(O)c1cccc([N+](=O)[O-])c1. The van der Waals surface area contributed by atoms with Crippen molar-refractivity contribution in [3.63, 3.8) is 0 Å². The first-order valence-electron chi connectivity index (χ1n) is 3.09. The maximum atomic E-state index is 10.4. The van der Waals surface area contributed by atoms with Gasteiger partial charge in [-0.15, -0.1) is 24.8 Å². The number of carboxylic acid groups (broad SMARTS) is 1. The van der Waals surface area contributed by atoms with E-state index >= 15 is 0 Å². The van der Waals surface area contributed by atoms with Crippen LogP contribution in [0.15, 0.2) is 24.3 Å². The second-order valence-electron chi connectivity index (χ2n) is 2.11. The third-order valence-corrected chi connectivity index (χ3v) is 1.30. The lowest BCUT2D eigenvalue weighted by Gasteiger charge is -1.92. The van der Waals surface area contributed by atoms with Gasteiger partial charge in [0, 0.05) is 12.1 Å². The number of aromatic carboxylic acids is 1. The number of nitrogens with zero attached hydrogens (tertiary/aromatic N) is 1. The number of halogens is 2. The Kier molecular flexibility index (Phi) is 6.68. The molecule has 0 unspecified atom stereocenters. The van der Waals surface area contributed by atoms with Crippen LogP contribution in [0.2, 0.25) is 0 Å². The summed E-state index contributed by atoms with van der Waals surface area (Å²) in [5.41, 5.74) is -0.292. The molecule has 0 aromatic heterocycles. The predicted octanol–water partition coefficient (Wildman–Crippen LogP) is 2.14. The minimum atomic E-state index is -1.17. The van der Waals surface area contributed by atoms with Crippen molar-refractivity contribution in [1.82, 2.24) is 0 Å². The molecular weight excluding hydrogens is 233 g/mol. The van der Waals surface area contributed by atoms with Crippen LogP contribution in [0.3, 0.4) is 0 Å². The van der Waals surface area contributed by atoms with Gasteiger partial charge in [0.15, 0.2) is 0 Å². The van der Waals surface area contributed by atoms with E-state index in [2.05, 4.69) is 0 Å². The molecule has 0 spiro atoms. The van der Waals surface area contributed by atoms with Gasteiger partial charge in [-0.1, -0.05) is 6.07 Å². The molecular formula is C7H7Cl2NO4. The molecule has 0 heterocycles.